The smallest absolute Gasteiger partial charge is 0.206 e. The van der Waals surface area contributed by atoms with Crippen LogP contribution in [0.5, 0.6) is 5.75 Å². The van der Waals surface area contributed by atoms with Crippen LogP contribution in [-0.2, 0) is 21.1 Å². The van der Waals surface area contributed by atoms with Gasteiger partial charge in [-0.2, -0.15) is 8.78 Å². The Bertz CT molecular complexity index is 1530. The van der Waals surface area contributed by atoms with Gasteiger partial charge in [-0.05, 0) is 72.8 Å². The summed E-state index contributed by atoms with van der Waals surface area (Å²) in [6.45, 7) is 0. The Hall–Kier alpha value is -4.04. The monoisotopic (exact) mass is 689 g/mol. The first-order valence-electron chi connectivity index (χ1n) is 10.5. The zero-order valence-corrected chi connectivity index (χ0v) is 20.7. The molecule has 5 nitrogen and oxygen atoms in total. The van der Waals surface area contributed by atoms with Crippen molar-refractivity contribution in [2.75, 3.05) is 0 Å². The minimum atomic E-state index is -2.29. The van der Waals surface area contributed by atoms with Crippen LogP contribution in [0.2, 0.25) is 0 Å². The van der Waals surface area contributed by atoms with Crippen LogP contribution in [0.3, 0.4) is 0 Å². The van der Waals surface area contributed by atoms with E-state index in [0.29, 0.717) is 0 Å². The first-order valence-corrected chi connectivity index (χ1v) is 10.5. The van der Waals surface area contributed by atoms with Crippen molar-refractivity contribution in [2.24, 2.45) is 0 Å². The number of phenolic OH excluding ortho intramolecular Hbond substituents is 1. The molecule has 2 aliphatic heterocycles. The number of nitrogens with zero attached hydrogens (tertiary/aromatic N) is 2. The molecule has 6 rings (SSSR count). The van der Waals surface area contributed by atoms with Gasteiger partial charge in [-0.15, -0.1) is 0 Å². The maximum absolute atomic E-state index is 12.2. The molecule has 190 valence electrons. The van der Waals surface area contributed by atoms with Gasteiger partial charge in [-0.25, -0.2) is 23.1 Å². The van der Waals surface area contributed by atoms with Crippen LogP contribution in [0, 0.1) is 29.1 Å². The molecule has 1 aromatic carbocycles. The average molecular weight is 690 g/mol. The van der Waals surface area contributed by atoms with Crippen LogP contribution >= 0.6 is 0 Å². The Labute approximate surface area is 220 Å². The number of hydrogen-bond acceptors (Lipinski definition) is 3. The van der Waals surface area contributed by atoms with Gasteiger partial charge in [0.1, 0.15) is 0 Å². The molecular formula is C26H15F5N4OPt. The number of nitrogens with one attached hydrogen (secondary N) is 2. The van der Waals surface area contributed by atoms with Crippen LogP contribution in [0.15, 0.2) is 48.5 Å². The molecule has 11 heteroatoms. The number of fused-ring (bicyclic) bond motifs is 8. The Morgan fingerprint density at radius 2 is 0.811 bits per heavy atom. The van der Waals surface area contributed by atoms with E-state index in [0.717, 1.165) is 44.8 Å². The molecule has 3 aromatic heterocycles. The van der Waals surface area contributed by atoms with Crippen molar-refractivity contribution in [2.45, 2.75) is 0 Å². The third kappa shape index (κ3) is 5.54. The molecule has 5 heterocycles. The molecule has 0 fully saturated rings. The van der Waals surface area contributed by atoms with Gasteiger partial charge in [0.15, 0.2) is 5.75 Å². The van der Waals surface area contributed by atoms with E-state index < -0.39 is 34.8 Å². The fraction of sp³-hybridized carbons (Fsp3) is 0. The molecule has 3 N–H and O–H groups in total. The molecule has 2 aliphatic rings. The maximum Gasteiger partial charge on any atom is 0.206 e. The number of benzene rings is 1. The molecule has 0 saturated heterocycles. The number of aromatic nitrogens is 4. The minimum absolute atomic E-state index is 0. The summed E-state index contributed by atoms with van der Waals surface area (Å²) >= 11 is 0. The van der Waals surface area contributed by atoms with Crippen LogP contribution in [0.25, 0.3) is 46.4 Å². The molecular weight excluding hydrogens is 674 g/mol. The molecule has 0 atom stereocenters. The van der Waals surface area contributed by atoms with Gasteiger partial charge in [-0.1, -0.05) is 0 Å². The summed E-state index contributed by atoms with van der Waals surface area (Å²) in [7, 11) is 0. The third-order valence-corrected chi connectivity index (χ3v) is 5.23. The Morgan fingerprint density at radius 3 is 1.22 bits per heavy atom. The van der Waals surface area contributed by atoms with E-state index in [2.05, 4.69) is 50.3 Å². The SMILES string of the molecule is C1=Cc2cc3ccc(cc4ccc(cc5nc(cc1n2)C=C5)[nH]4)[nH]3.Oc1c(F)c(F)c(F)c(F)c1F.[Pt]. The Balaban J connectivity index is 0.000000211. The second-order valence-corrected chi connectivity index (χ2v) is 7.82. The van der Waals surface area contributed by atoms with Gasteiger partial charge in [0.2, 0.25) is 29.1 Å². The molecule has 0 amide bonds. The molecule has 4 aromatic rings. The Kier molecular flexibility index (Phi) is 7.40. The normalized spacial score (nSPS) is 11.6. The maximum atomic E-state index is 12.2. The second kappa shape index (κ2) is 10.5. The molecule has 0 radical (unpaired) electrons. The van der Waals surface area contributed by atoms with Gasteiger partial charge >= 0.3 is 0 Å². The van der Waals surface area contributed by atoms with E-state index in [4.69, 9.17) is 5.11 Å². The van der Waals surface area contributed by atoms with E-state index in [1.807, 2.05) is 42.5 Å². The van der Waals surface area contributed by atoms with E-state index in [9.17, 15) is 22.0 Å². The predicted molar refractivity (Wildman–Crippen MR) is 127 cm³/mol. The topological polar surface area (TPSA) is 77.6 Å². The van der Waals surface area contributed by atoms with Gasteiger partial charge < -0.3 is 15.1 Å². The van der Waals surface area contributed by atoms with E-state index >= 15 is 0 Å². The number of phenols is 1. The summed E-state index contributed by atoms with van der Waals surface area (Å²) in [6, 6.07) is 16.4. The number of rotatable bonds is 0. The molecule has 37 heavy (non-hydrogen) atoms. The Morgan fingerprint density at radius 1 is 0.486 bits per heavy atom. The number of hydrogen-bond donors (Lipinski definition) is 3. The summed E-state index contributed by atoms with van der Waals surface area (Å²) in [5, 5.41) is 8.30. The van der Waals surface area contributed by atoms with E-state index in [1.54, 1.807) is 0 Å². The minimum Gasteiger partial charge on any atom is -0.503 e. The fourth-order valence-electron chi connectivity index (χ4n) is 3.54. The van der Waals surface area contributed by atoms with Crippen molar-refractivity contribution in [3.8, 4) is 5.75 Å². The van der Waals surface area contributed by atoms with E-state index in [-0.39, 0.29) is 21.1 Å². The van der Waals surface area contributed by atoms with Crippen LogP contribution in [-0.4, -0.2) is 25.0 Å². The molecule has 0 spiro atoms. The fourth-order valence-corrected chi connectivity index (χ4v) is 3.54. The summed E-state index contributed by atoms with van der Waals surface area (Å²) in [5.74, 6) is -12.9. The summed E-state index contributed by atoms with van der Waals surface area (Å²) < 4.78 is 60.6. The molecule has 8 bridgehead atoms. The van der Waals surface area contributed by atoms with E-state index in [1.165, 1.54) is 0 Å². The van der Waals surface area contributed by atoms with Crippen molar-refractivity contribution < 1.29 is 48.1 Å². The summed E-state index contributed by atoms with van der Waals surface area (Å²) in [6.07, 6.45) is 8.05. The van der Waals surface area contributed by atoms with Crippen molar-refractivity contribution in [1.29, 1.82) is 0 Å². The number of halogens is 5. The van der Waals surface area contributed by atoms with Crippen LogP contribution < -0.4 is 0 Å². The first kappa shape index (κ1) is 26.0. The second-order valence-electron chi connectivity index (χ2n) is 7.82. The zero-order valence-electron chi connectivity index (χ0n) is 18.5. The van der Waals surface area contributed by atoms with Gasteiger partial charge in [0.25, 0.3) is 0 Å². The standard InChI is InChI=1S/C20H14N4.C6HF5O.Pt/c1-2-14-10-16-5-6-18(23-16)12-20-8-7-19(24-20)11-17-4-3-15(22-17)9-13(1)21-14;7-1-2(8)4(10)6(12)5(11)3(1)9;/h1-12,21-22H;12H;. The van der Waals surface area contributed by atoms with Crippen molar-refractivity contribution >= 4 is 46.4 Å². The van der Waals surface area contributed by atoms with Crippen molar-refractivity contribution in [3.05, 3.63) is 100 Å². The molecule has 0 unspecified atom stereocenters. The largest absolute Gasteiger partial charge is 0.503 e. The third-order valence-electron chi connectivity index (χ3n) is 5.23. The molecule has 0 saturated carbocycles. The first-order chi connectivity index (χ1) is 17.3. The van der Waals surface area contributed by atoms with Gasteiger partial charge in [0, 0.05) is 43.1 Å². The summed E-state index contributed by atoms with van der Waals surface area (Å²) in [4.78, 5) is 16.0. The van der Waals surface area contributed by atoms with Crippen LogP contribution in [0.1, 0.15) is 22.8 Å². The number of aromatic amines is 2. The molecule has 0 aliphatic carbocycles. The van der Waals surface area contributed by atoms with Crippen molar-refractivity contribution in [3.63, 3.8) is 0 Å². The van der Waals surface area contributed by atoms with Gasteiger partial charge in [0.05, 0.1) is 22.8 Å². The number of H-pyrrole nitrogens is 2. The number of aromatic hydroxyl groups is 1. The zero-order chi connectivity index (χ0) is 25.4. The van der Waals surface area contributed by atoms with Gasteiger partial charge in [-0.3, -0.25) is 0 Å². The summed E-state index contributed by atoms with van der Waals surface area (Å²) in [5.41, 5.74) is 7.86. The van der Waals surface area contributed by atoms with Crippen molar-refractivity contribution in [1.82, 2.24) is 19.9 Å². The average Bonchev–Trinajstić information content (AvgIpc) is 3.67. The van der Waals surface area contributed by atoms with Crippen LogP contribution in [0.4, 0.5) is 22.0 Å². The quantitative estimate of drug-likeness (QED) is 0.0940. The predicted octanol–water partition coefficient (Wildman–Crippen LogP) is 6.74.